The van der Waals surface area contributed by atoms with Crippen LogP contribution in [0.5, 0.6) is 5.88 Å². The third kappa shape index (κ3) is 3.74. The molecular formula is C23H21F3N8O2. The van der Waals surface area contributed by atoms with E-state index < -0.39 is 24.2 Å². The van der Waals surface area contributed by atoms with E-state index in [0.29, 0.717) is 48.4 Å². The van der Waals surface area contributed by atoms with Gasteiger partial charge in [-0.3, -0.25) is 9.36 Å². The highest BCUT2D eigenvalue weighted by Crippen LogP contribution is 2.40. The molecule has 2 bridgehead atoms. The molecule has 6 heterocycles. The van der Waals surface area contributed by atoms with Crippen LogP contribution in [0.4, 0.5) is 13.2 Å². The summed E-state index contributed by atoms with van der Waals surface area (Å²) in [6, 6.07) is 4.61. The Morgan fingerprint density at radius 3 is 2.53 bits per heavy atom. The Bertz CT molecular complexity index is 1420. The molecule has 0 aliphatic carbocycles. The molecule has 0 radical (unpaired) electrons. The summed E-state index contributed by atoms with van der Waals surface area (Å²) in [5.74, 6) is -0.758. The number of amides is 1. The van der Waals surface area contributed by atoms with E-state index in [0.717, 1.165) is 16.3 Å². The molecule has 0 aromatic carbocycles. The van der Waals surface area contributed by atoms with Gasteiger partial charge in [0, 0.05) is 31.1 Å². The maximum absolute atomic E-state index is 13.0. The molecule has 13 heteroatoms. The van der Waals surface area contributed by atoms with E-state index >= 15 is 0 Å². The van der Waals surface area contributed by atoms with Gasteiger partial charge in [0.2, 0.25) is 5.88 Å². The van der Waals surface area contributed by atoms with Crippen LogP contribution >= 0.6 is 0 Å². The van der Waals surface area contributed by atoms with Crippen LogP contribution < -0.4 is 4.74 Å². The number of alkyl halides is 3. The summed E-state index contributed by atoms with van der Waals surface area (Å²) in [4.78, 5) is 30.2. The number of aromatic nitrogens is 7. The molecule has 2 fully saturated rings. The van der Waals surface area contributed by atoms with Crippen molar-refractivity contribution in [2.24, 2.45) is 0 Å². The van der Waals surface area contributed by atoms with Gasteiger partial charge in [-0.1, -0.05) is 0 Å². The monoisotopic (exact) mass is 498 g/mol. The lowest BCUT2D eigenvalue weighted by atomic mass is 9.99. The summed E-state index contributed by atoms with van der Waals surface area (Å²) in [6.45, 7) is 1.88. The van der Waals surface area contributed by atoms with E-state index in [9.17, 15) is 18.0 Å². The highest BCUT2D eigenvalue weighted by atomic mass is 19.4. The molecule has 186 valence electrons. The third-order valence-electron chi connectivity index (χ3n) is 6.85. The minimum Gasteiger partial charge on any atom is -0.474 e. The third-order valence-corrected chi connectivity index (χ3v) is 6.85. The molecular weight excluding hydrogens is 477 g/mol. The maximum atomic E-state index is 13.0. The predicted molar refractivity (Wildman–Crippen MR) is 120 cm³/mol. The second-order valence-corrected chi connectivity index (χ2v) is 9.02. The minimum atomic E-state index is -4.86. The zero-order valence-corrected chi connectivity index (χ0v) is 19.1. The van der Waals surface area contributed by atoms with E-state index in [-0.39, 0.29) is 6.10 Å². The Morgan fingerprint density at radius 1 is 1.08 bits per heavy atom. The Morgan fingerprint density at radius 2 is 1.86 bits per heavy atom. The predicted octanol–water partition coefficient (Wildman–Crippen LogP) is 3.17. The molecule has 1 amide bonds. The first-order valence-electron chi connectivity index (χ1n) is 11.5. The topological polar surface area (TPSA) is 104 Å². The van der Waals surface area contributed by atoms with Gasteiger partial charge >= 0.3 is 12.1 Å². The number of carbonyl (C=O) groups is 1. The number of nitrogens with zero attached hydrogens (tertiary/aromatic N) is 8. The van der Waals surface area contributed by atoms with Gasteiger partial charge in [-0.05, 0) is 38.0 Å². The van der Waals surface area contributed by atoms with Crippen LogP contribution in [0.2, 0.25) is 0 Å². The highest BCUT2D eigenvalue weighted by Gasteiger charge is 2.52. The Hall–Kier alpha value is -4.03. The second kappa shape index (κ2) is 8.28. The van der Waals surface area contributed by atoms with Gasteiger partial charge in [-0.2, -0.15) is 18.3 Å². The normalized spacial score (nSPS) is 21.8. The summed E-state index contributed by atoms with van der Waals surface area (Å²) in [7, 11) is 0. The quantitative estimate of drug-likeness (QED) is 0.426. The van der Waals surface area contributed by atoms with E-state index in [2.05, 4.69) is 25.0 Å². The molecule has 0 spiro atoms. The second-order valence-electron chi connectivity index (χ2n) is 9.02. The van der Waals surface area contributed by atoms with Crippen LogP contribution in [0.1, 0.15) is 31.4 Å². The molecule has 2 atom stereocenters. The molecule has 0 N–H and O–H groups in total. The SMILES string of the molecule is Cc1nc(-n2cncn2)ccc1-n1ccc2c(OC3C[C@@H]4CC[C@@H](C3)N4C(=O)C(F)(F)F)ncnc21. The maximum Gasteiger partial charge on any atom is 0.471 e. The van der Waals surface area contributed by atoms with Crippen molar-refractivity contribution in [3.63, 3.8) is 0 Å². The number of hydrogen-bond acceptors (Lipinski definition) is 7. The van der Waals surface area contributed by atoms with Crippen LogP contribution in [-0.4, -0.2) is 69.5 Å². The molecule has 36 heavy (non-hydrogen) atoms. The molecule has 0 saturated carbocycles. The molecule has 2 aliphatic heterocycles. The van der Waals surface area contributed by atoms with Crippen molar-refractivity contribution >= 4 is 16.9 Å². The zero-order chi connectivity index (χ0) is 25.0. The summed E-state index contributed by atoms with van der Waals surface area (Å²) in [6.07, 6.45) is 2.79. The van der Waals surface area contributed by atoms with Gasteiger partial charge in [-0.25, -0.2) is 24.6 Å². The van der Waals surface area contributed by atoms with Gasteiger partial charge < -0.3 is 9.64 Å². The number of hydrogen-bond donors (Lipinski definition) is 0. The van der Waals surface area contributed by atoms with Gasteiger partial charge in [0.05, 0.1) is 16.8 Å². The highest BCUT2D eigenvalue weighted by molar-refractivity contribution is 5.83. The van der Waals surface area contributed by atoms with Crippen LogP contribution in [0, 0.1) is 6.92 Å². The van der Waals surface area contributed by atoms with Crippen LogP contribution in [-0.2, 0) is 4.79 Å². The first kappa shape index (κ1) is 22.4. The van der Waals surface area contributed by atoms with Gasteiger partial charge in [0.25, 0.3) is 0 Å². The number of rotatable bonds is 4. The number of ether oxygens (including phenoxy) is 1. The first-order valence-corrected chi connectivity index (χ1v) is 11.5. The van der Waals surface area contributed by atoms with Crippen molar-refractivity contribution < 1.29 is 22.7 Å². The number of fused-ring (bicyclic) bond motifs is 3. The average molecular weight is 498 g/mol. The standard InChI is InChI=1S/C23H21F3N8O2/c1-13-18(4-5-19(31-13)33-12-27-10-30-33)32-7-6-17-20(32)28-11-29-21(17)36-16-8-14-2-3-15(9-16)34(14)22(35)23(24,25)26/h4-7,10-12,14-16H,2-3,8-9H2,1H3/t14-,15-/m0/s1. The summed E-state index contributed by atoms with van der Waals surface area (Å²) >= 11 is 0. The van der Waals surface area contributed by atoms with Crippen molar-refractivity contribution in [3.8, 4) is 17.4 Å². The lowest BCUT2D eigenvalue weighted by Gasteiger charge is -2.38. The van der Waals surface area contributed by atoms with E-state index in [1.165, 1.54) is 12.7 Å². The van der Waals surface area contributed by atoms with E-state index in [1.54, 1.807) is 11.0 Å². The van der Waals surface area contributed by atoms with Crippen molar-refractivity contribution in [1.29, 1.82) is 0 Å². The Labute approximate surface area is 202 Å². The van der Waals surface area contributed by atoms with Gasteiger partial charge in [0.15, 0.2) is 11.5 Å². The van der Waals surface area contributed by atoms with Crippen LogP contribution in [0.15, 0.2) is 43.4 Å². The molecule has 2 aliphatic rings. The number of carbonyl (C=O) groups excluding carboxylic acids is 1. The zero-order valence-electron chi connectivity index (χ0n) is 19.1. The molecule has 4 aromatic heterocycles. The number of halogens is 3. The lowest BCUT2D eigenvalue weighted by molar-refractivity contribution is -0.191. The summed E-state index contributed by atoms with van der Waals surface area (Å²) in [5, 5.41) is 4.78. The minimum absolute atomic E-state index is 0.331. The summed E-state index contributed by atoms with van der Waals surface area (Å²) in [5.41, 5.74) is 2.18. The van der Waals surface area contributed by atoms with Crippen molar-refractivity contribution in [1.82, 2.24) is 39.2 Å². The number of piperidine rings is 1. The molecule has 2 saturated heterocycles. The largest absolute Gasteiger partial charge is 0.474 e. The Balaban J connectivity index is 1.25. The van der Waals surface area contributed by atoms with Crippen LogP contribution in [0.25, 0.3) is 22.5 Å². The van der Waals surface area contributed by atoms with Gasteiger partial charge in [-0.15, -0.1) is 0 Å². The number of aryl methyl sites for hydroxylation is 1. The molecule has 10 nitrogen and oxygen atoms in total. The lowest BCUT2D eigenvalue weighted by Crippen LogP contribution is -2.53. The van der Waals surface area contributed by atoms with Crippen molar-refractivity contribution in [2.45, 2.75) is 57.0 Å². The molecule has 4 aromatic rings. The van der Waals surface area contributed by atoms with E-state index in [1.807, 2.05) is 35.9 Å². The smallest absolute Gasteiger partial charge is 0.471 e. The van der Waals surface area contributed by atoms with E-state index in [4.69, 9.17) is 4.74 Å². The molecule has 0 unspecified atom stereocenters. The van der Waals surface area contributed by atoms with Crippen molar-refractivity contribution in [3.05, 3.63) is 49.1 Å². The fourth-order valence-corrected chi connectivity index (χ4v) is 5.32. The fourth-order valence-electron chi connectivity index (χ4n) is 5.32. The number of pyridine rings is 1. The average Bonchev–Trinajstić information content (AvgIpc) is 3.57. The van der Waals surface area contributed by atoms with Gasteiger partial charge in [0.1, 0.15) is 25.1 Å². The molecule has 6 rings (SSSR count). The van der Waals surface area contributed by atoms with Crippen LogP contribution in [0.3, 0.4) is 0 Å². The Kier molecular flexibility index (Phi) is 5.16. The fraction of sp³-hybridized carbons (Fsp3) is 0.391. The summed E-state index contributed by atoms with van der Waals surface area (Å²) < 4.78 is 48.8. The van der Waals surface area contributed by atoms with Crippen molar-refractivity contribution in [2.75, 3.05) is 0 Å². The first-order chi connectivity index (χ1) is 17.3.